The molecule has 0 spiro atoms. The number of hydrogen-bond acceptors (Lipinski definition) is 5. The van der Waals surface area contributed by atoms with Crippen molar-refractivity contribution in [2.45, 2.75) is 62.9 Å². The Kier molecular flexibility index (Phi) is 8.44. The first-order chi connectivity index (χ1) is 19.3. The molecule has 0 bridgehead atoms. The maximum absolute atomic E-state index is 6.68. The van der Waals surface area contributed by atoms with Crippen LogP contribution in [-0.4, -0.2) is 36.5 Å². The van der Waals surface area contributed by atoms with Crippen LogP contribution in [0.3, 0.4) is 0 Å². The van der Waals surface area contributed by atoms with Crippen molar-refractivity contribution in [1.82, 2.24) is 5.32 Å². The van der Waals surface area contributed by atoms with Gasteiger partial charge in [-0.3, -0.25) is 0 Å². The molecule has 2 aliphatic rings. The summed E-state index contributed by atoms with van der Waals surface area (Å²) in [5.74, 6) is 0. The van der Waals surface area contributed by atoms with Gasteiger partial charge >= 0.3 is 0 Å². The molecule has 200 valence electrons. The molecule has 0 aromatic heterocycles. The Morgan fingerprint density at radius 2 is 0.615 bits per heavy atom. The molecular weight excluding hydrogens is 486 g/mol. The molecule has 1 aliphatic heterocycles. The molecule has 1 aliphatic carbocycles. The summed E-state index contributed by atoms with van der Waals surface area (Å²) in [6.07, 6.45) is -0.961. The Morgan fingerprint density at radius 1 is 0.359 bits per heavy atom. The average molecular weight is 522 g/mol. The number of nitrogens with one attached hydrogen (secondary N) is 1. The van der Waals surface area contributed by atoms with Gasteiger partial charge < -0.3 is 24.3 Å². The topological polar surface area (TPSA) is 58.9 Å². The molecule has 0 radical (unpaired) electrons. The van der Waals surface area contributed by atoms with E-state index in [9.17, 15) is 0 Å². The van der Waals surface area contributed by atoms with Gasteiger partial charge in [0.25, 0.3) is 0 Å². The summed E-state index contributed by atoms with van der Waals surface area (Å²) in [6, 6.07) is 41.4. The molecule has 1 saturated carbocycles. The number of hydrogen-bond donors (Lipinski definition) is 1. The average Bonchev–Trinajstić information content (AvgIpc) is 3.80. The largest absolute Gasteiger partial charge is 0.369 e. The lowest BCUT2D eigenvalue weighted by Crippen LogP contribution is -2.57. The van der Waals surface area contributed by atoms with Crippen LogP contribution in [0.5, 0.6) is 0 Å². The Bertz CT molecular complexity index is 1170. The zero-order valence-corrected chi connectivity index (χ0v) is 22.0. The highest BCUT2D eigenvalue weighted by Gasteiger charge is 2.61. The van der Waals surface area contributed by atoms with Gasteiger partial charge in [-0.1, -0.05) is 121 Å². The SMILES string of the molecule is c1ccc(CO[C@@H]2[C@@H](OCc3ccccc3)[C@H](OCc3ccccc3)[C@H]3N[C@H]3[C@H]2OCc2ccccc2)cc1. The van der Waals surface area contributed by atoms with E-state index in [0.29, 0.717) is 26.4 Å². The van der Waals surface area contributed by atoms with E-state index < -0.39 is 0 Å². The maximum atomic E-state index is 6.68. The van der Waals surface area contributed by atoms with Crippen LogP contribution < -0.4 is 5.32 Å². The van der Waals surface area contributed by atoms with E-state index in [-0.39, 0.29) is 36.5 Å². The van der Waals surface area contributed by atoms with Crippen molar-refractivity contribution < 1.29 is 18.9 Å². The third kappa shape index (κ3) is 6.64. The van der Waals surface area contributed by atoms with Crippen LogP contribution in [0.1, 0.15) is 22.3 Å². The van der Waals surface area contributed by atoms with E-state index in [1.165, 1.54) is 0 Å². The lowest BCUT2D eigenvalue weighted by Gasteiger charge is -2.41. The Hall–Kier alpha value is -3.32. The van der Waals surface area contributed by atoms with E-state index in [0.717, 1.165) is 22.3 Å². The minimum absolute atomic E-state index is 0.145. The second kappa shape index (κ2) is 12.7. The lowest BCUT2D eigenvalue weighted by atomic mass is 9.88. The second-order valence-corrected chi connectivity index (χ2v) is 10.3. The molecule has 6 atom stereocenters. The van der Waals surface area contributed by atoms with Crippen molar-refractivity contribution in [3.63, 3.8) is 0 Å². The predicted octanol–water partition coefficient (Wildman–Crippen LogP) is 5.68. The van der Waals surface area contributed by atoms with Crippen LogP contribution in [0.15, 0.2) is 121 Å². The highest BCUT2D eigenvalue weighted by atomic mass is 16.6. The van der Waals surface area contributed by atoms with Gasteiger partial charge in [0, 0.05) is 0 Å². The van der Waals surface area contributed by atoms with E-state index in [1.807, 2.05) is 72.8 Å². The fourth-order valence-corrected chi connectivity index (χ4v) is 5.39. The van der Waals surface area contributed by atoms with Crippen LogP contribution in [0.4, 0.5) is 0 Å². The Balaban J connectivity index is 1.25. The number of rotatable bonds is 12. The van der Waals surface area contributed by atoms with Crippen molar-refractivity contribution >= 4 is 0 Å². The van der Waals surface area contributed by atoms with Crippen molar-refractivity contribution in [1.29, 1.82) is 0 Å². The molecule has 4 aromatic carbocycles. The summed E-state index contributed by atoms with van der Waals surface area (Å²) in [5, 5.41) is 3.65. The number of ether oxygens (including phenoxy) is 4. The summed E-state index contributed by atoms with van der Waals surface area (Å²) >= 11 is 0. The maximum Gasteiger partial charge on any atom is 0.114 e. The standard InChI is InChI=1S/C34H35NO4/c1-5-13-25(14-6-1)21-36-31-29-30(35-29)32(37-22-26-15-7-2-8-16-26)34(39-24-28-19-11-4-12-20-28)33(31)38-23-27-17-9-3-10-18-27/h1-20,29-35H,21-24H2/t29-,30+,31-,32-,33+,34+/m1/s1. The number of benzene rings is 4. The third-order valence-corrected chi connectivity index (χ3v) is 7.48. The van der Waals surface area contributed by atoms with Crippen LogP contribution >= 0.6 is 0 Å². The molecule has 5 nitrogen and oxygen atoms in total. The normalized spacial score (nSPS) is 25.6. The van der Waals surface area contributed by atoms with Crippen molar-refractivity contribution in [2.24, 2.45) is 0 Å². The van der Waals surface area contributed by atoms with Gasteiger partial charge in [0.2, 0.25) is 0 Å². The molecule has 1 heterocycles. The van der Waals surface area contributed by atoms with E-state index in [1.54, 1.807) is 0 Å². The molecule has 1 N–H and O–H groups in total. The molecule has 1 saturated heterocycles. The van der Waals surface area contributed by atoms with E-state index in [2.05, 4.69) is 53.8 Å². The molecule has 0 unspecified atom stereocenters. The predicted molar refractivity (Wildman–Crippen MR) is 151 cm³/mol. The van der Waals surface area contributed by atoms with Gasteiger partial charge in [-0.05, 0) is 22.3 Å². The first-order valence-electron chi connectivity index (χ1n) is 13.7. The summed E-state index contributed by atoms with van der Waals surface area (Å²) in [5.41, 5.74) is 4.52. The molecule has 6 rings (SSSR count). The first-order valence-corrected chi connectivity index (χ1v) is 13.7. The molecule has 2 fully saturated rings. The van der Waals surface area contributed by atoms with Crippen LogP contribution in [-0.2, 0) is 45.4 Å². The molecule has 4 aromatic rings. The van der Waals surface area contributed by atoms with Crippen LogP contribution in [0.2, 0.25) is 0 Å². The molecule has 5 heteroatoms. The number of fused-ring (bicyclic) bond motifs is 1. The van der Waals surface area contributed by atoms with Gasteiger partial charge in [-0.25, -0.2) is 0 Å². The summed E-state index contributed by atoms with van der Waals surface area (Å²) in [4.78, 5) is 0. The minimum atomic E-state index is -0.311. The summed E-state index contributed by atoms with van der Waals surface area (Å²) < 4.78 is 26.5. The second-order valence-electron chi connectivity index (χ2n) is 10.3. The quantitative estimate of drug-likeness (QED) is 0.243. The van der Waals surface area contributed by atoms with Crippen molar-refractivity contribution in [2.75, 3.05) is 0 Å². The molecule has 0 amide bonds. The van der Waals surface area contributed by atoms with Crippen molar-refractivity contribution in [3.05, 3.63) is 144 Å². The monoisotopic (exact) mass is 521 g/mol. The van der Waals surface area contributed by atoms with Crippen LogP contribution in [0, 0.1) is 0 Å². The van der Waals surface area contributed by atoms with Crippen molar-refractivity contribution in [3.8, 4) is 0 Å². The lowest BCUT2D eigenvalue weighted by molar-refractivity contribution is -0.203. The zero-order chi connectivity index (χ0) is 26.3. The molecular formula is C34H35NO4. The minimum Gasteiger partial charge on any atom is -0.369 e. The van der Waals surface area contributed by atoms with Gasteiger partial charge in [0.1, 0.15) is 24.4 Å². The highest BCUT2D eigenvalue weighted by Crippen LogP contribution is 2.39. The van der Waals surface area contributed by atoms with Gasteiger partial charge in [-0.2, -0.15) is 0 Å². The molecule has 39 heavy (non-hydrogen) atoms. The Morgan fingerprint density at radius 3 is 0.897 bits per heavy atom. The fraction of sp³-hybridized carbons (Fsp3) is 0.294. The Labute approximate surface area is 230 Å². The fourth-order valence-electron chi connectivity index (χ4n) is 5.39. The van der Waals surface area contributed by atoms with Gasteiger partial charge in [0.05, 0.1) is 38.5 Å². The third-order valence-electron chi connectivity index (χ3n) is 7.48. The van der Waals surface area contributed by atoms with Gasteiger partial charge in [0.15, 0.2) is 0 Å². The first kappa shape index (κ1) is 25.9. The van der Waals surface area contributed by atoms with E-state index in [4.69, 9.17) is 18.9 Å². The highest BCUT2D eigenvalue weighted by molar-refractivity contribution is 5.21. The van der Waals surface area contributed by atoms with Crippen LogP contribution in [0.25, 0.3) is 0 Å². The smallest absolute Gasteiger partial charge is 0.114 e. The summed E-state index contributed by atoms with van der Waals surface area (Å²) in [7, 11) is 0. The van der Waals surface area contributed by atoms with E-state index >= 15 is 0 Å². The van der Waals surface area contributed by atoms with Gasteiger partial charge in [-0.15, -0.1) is 0 Å². The zero-order valence-electron chi connectivity index (χ0n) is 22.0. The summed E-state index contributed by atoms with van der Waals surface area (Å²) in [6.45, 7) is 1.99.